The Balaban J connectivity index is 1.69. The summed E-state index contributed by atoms with van der Waals surface area (Å²) in [6, 6.07) is 11.7. The highest BCUT2D eigenvalue weighted by Crippen LogP contribution is 2.19. The van der Waals surface area contributed by atoms with E-state index >= 15 is 0 Å². The van der Waals surface area contributed by atoms with Crippen LogP contribution >= 0.6 is 0 Å². The van der Waals surface area contributed by atoms with E-state index in [9.17, 15) is 13.2 Å². The molecule has 9 heteroatoms. The van der Waals surface area contributed by atoms with E-state index in [0.29, 0.717) is 12.3 Å². The number of aromatic nitrogens is 2. The molecule has 0 aliphatic rings. The zero-order valence-electron chi connectivity index (χ0n) is 18.6. The number of carbonyl (C=O) groups excluding carboxylic acids is 1. The normalized spacial score (nSPS) is 11.4. The van der Waals surface area contributed by atoms with Crippen LogP contribution in [-0.4, -0.2) is 41.9 Å². The third-order valence-corrected chi connectivity index (χ3v) is 6.79. The average molecular weight is 467 g/mol. The topological polar surface area (TPSA) is 105 Å². The molecule has 0 aliphatic heterocycles. The van der Waals surface area contributed by atoms with Gasteiger partial charge in [0.2, 0.25) is 15.9 Å². The number of hydrogen-bond donors (Lipinski definition) is 1. The molecule has 0 aliphatic carbocycles. The van der Waals surface area contributed by atoms with Gasteiger partial charge in [-0.15, -0.1) is 18.3 Å². The van der Waals surface area contributed by atoms with E-state index in [2.05, 4.69) is 34.7 Å². The molecule has 0 saturated carbocycles. The van der Waals surface area contributed by atoms with Crippen LogP contribution in [0.25, 0.3) is 0 Å². The third kappa shape index (κ3) is 5.82. The maximum Gasteiger partial charge on any atom is 0.322 e. The van der Waals surface area contributed by atoms with Crippen molar-refractivity contribution in [3.05, 3.63) is 95.9 Å². The number of aryl methyl sites for hydroxylation is 2. The van der Waals surface area contributed by atoms with Gasteiger partial charge in [-0.1, -0.05) is 41.0 Å². The largest absolute Gasteiger partial charge is 0.407 e. The van der Waals surface area contributed by atoms with Gasteiger partial charge in [-0.2, -0.15) is 4.31 Å². The SMILES string of the molecule is C=CCN(CC=C)S(=O)(=O)c1ccc(C(=O)Nc2nnc(Cc3ccc(C)cc3C)o2)cc1. The van der Waals surface area contributed by atoms with Gasteiger partial charge in [0.05, 0.1) is 11.3 Å². The molecule has 8 nitrogen and oxygen atoms in total. The Morgan fingerprint density at radius 2 is 1.73 bits per heavy atom. The second kappa shape index (κ2) is 10.4. The standard InChI is InChI=1S/C24H26N4O4S/c1-5-13-28(14-6-2)33(30,31)21-11-9-19(10-12-21)23(29)25-24-27-26-22(32-24)16-20-8-7-17(3)15-18(20)4/h5-12,15H,1-2,13-14,16H2,3-4H3,(H,25,27,29). The maximum atomic E-state index is 12.8. The van der Waals surface area contributed by atoms with Gasteiger partial charge in [0.15, 0.2) is 0 Å². The van der Waals surface area contributed by atoms with E-state index in [-0.39, 0.29) is 29.6 Å². The highest BCUT2D eigenvalue weighted by atomic mass is 32.2. The number of rotatable bonds is 10. The molecule has 1 aromatic heterocycles. The van der Waals surface area contributed by atoms with Crippen molar-refractivity contribution < 1.29 is 17.6 Å². The van der Waals surface area contributed by atoms with Crippen LogP contribution in [-0.2, 0) is 16.4 Å². The molecule has 0 saturated heterocycles. The summed E-state index contributed by atoms with van der Waals surface area (Å²) in [7, 11) is -3.74. The first-order valence-corrected chi connectivity index (χ1v) is 11.7. The molecular weight excluding hydrogens is 440 g/mol. The number of carbonyl (C=O) groups is 1. The van der Waals surface area contributed by atoms with E-state index in [0.717, 1.165) is 11.1 Å². The molecule has 1 N–H and O–H groups in total. The van der Waals surface area contributed by atoms with Crippen LogP contribution in [0.1, 0.15) is 32.9 Å². The first-order chi connectivity index (χ1) is 15.7. The third-order valence-electron chi connectivity index (χ3n) is 4.95. The molecule has 1 heterocycles. The molecule has 33 heavy (non-hydrogen) atoms. The van der Waals surface area contributed by atoms with Crippen LogP contribution in [0, 0.1) is 13.8 Å². The lowest BCUT2D eigenvalue weighted by molar-refractivity contribution is 0.102. The molecule has 0 unspecified atom stereocenters. The minimum atomic E-state index is -3.74. The molecule has 2 aromatic carbocycles. The highest BCUT2D eigenvalue weighted by Gasteiger charge is 2.23. The van der Waals surface area contributed by atoms with Gasteiger partial charge in [-0.3, -0.25) is 10.1 Å². The molecule has 0 fully saturated rings. The lowest BCUT2D eigenvalue weighted by Crippen LogP contribution is -2.31. The predicted molar refractivity (Wildman–Crippen MR) is 127 cm³/mol. The second-order valence-corrected chi connectivity index (χ2v) is 9.42. The van der Waals surface area contributed by atoms with E-state index in [1.165, 1.54) is 46.3 Å². The summed E-state index contributed by atoms with van der Waals surface area (Å²) in [5, 5.41) is 10.4. The highest BCUT2D eigenvalue weighted by molar-refractivity contribution is 7.89. The molecule has 0 atom stereocenters. The number of nitrogens with one attached hydrogen (secondary N) is 1. The van der Waals surface area contributed by atoms with Gasteiger partial charge < -0.3 is 4.42 Å². The predicted octanol–water partition coefficient (Wildman–Crippen LogP) is 3.89. The minimum absolute atomic E-state index is 0.0281. The van der Waals surface area contributed by atoms with Gasteiger partial charge in [-0.05, 0) is 49.2 Å². The Morgan fingerprint density at radius 3 is 2.33 bits per heavy atom. The average Bonchev–Trinajstić information content (AvgIpc) is 3.22. The van der Waals surface area contributed by atoms with Gasteiger partial charge in [0, 0.05) is 18.7 Å². The number of anilines is 1. The Hall–Kier alpha value is -3.56. The Kier molecular flexibility index (Phi) is 7.57. The zero-order chi connectivity index (χ0) is 24.0. The van der Waals surface area contributed by atoms with Crippen molar-refractivity contribution in [1.82, 2.24) is 14.5 Å². The van der Waals surface area contributed by atoms with Gasteiger partial charge in [0.1, 0.15) is 0 Å². The van der Waals surface area contributed by atoms with Gasteiger partial charge in [-0.25, -0.2) is 8.42 Å². The van der Waals surface area contributed by atoms with E-state index in [1.807, 2.05) is 26.0 Å². The van der Waals surface area contributed by atoms with E-state index in [4.69, 9.17) is 4.42 Å². The fourth-order valence-electron chi connectivity index (χ4n) is 3.24. The summed E-state index contributed by atoms with van der Waals surface area (Å²) in [5.74, 6) is -0.113. The van der Waals surface area contributed by atoms with Crippen molar-refractivity contribution in [2.75, 3.05) is 18.4 Å². The summed E-state index contributed by atoms with van der Waals surface area (Å²) < 4.78 is 32.3. The van der Waals surface area contributed by atoms with Crippen LogP contribution in [0.2, 0.25) is 0 Å². The van der Waals surface area contributed by atoms with Crippen LogP contribution in [0.3, 0.4) is 0 Å². The first-order valence-electron chi connectivity index (χ1n) is 10.3. The quantitative estimate of drug-likeness (QED) is 0.455. The molecule has 172 valence electrons. The van der Waals surface area contributed by atoms with Crippen molar-refractivity contribution in [2.24, 2.45) is 0 Å². The molecule has 0 bridgehead atoms. The first kappa shape index (κ1) is 24.1. The molecule has 0 spiro atoms. The molecule has 1 amide bonds. The van der Waals surface area contributed by atoms with Crippen molar-refractivity contribution in [3.63, 3.8) is 0 Å². The molecule has 3 aromatic rings. The summed E-state index contributed by atoms with van der Waals surface area (Å²) >= 11 is 0. The van der Waals surface area contributed by atoms with Crippen molar-refractivity contribution >= 4 is 21.9 Å². The van der Waals surface area contributed by atoms with Crippen LogP contribution < -0.4 is 5.32 Å². The minimum Gasteiger partial charge on any atom is -0.407 e. The molecule has 3 rings (SSSR count). The van der Waals surface area contributed by atoms with Crippen molar-refractivity contribution in [1.29, 1.82) is 0 Å². The zero-order valence-corrected chi connectivity index (χ0v) is 19.4. The fraction of sp³-hybridized carbons (Fsp3) is 0.208. The van der Waals surface area contributed by atoms with Crippen LogP contribution in [0.15, 0.2) is 77.1 Å². The Labute approximate surface area is 193 Å². The van der Waals surface area contributed by atoms with Gasteiger partial charge in [0.25, 0.3) is 5.91 Å². The Morgan fingerprint density at radius 1 is 1.06 bits per heavy atom. The summed E-state index contributed by atoms with van der Waals surface area (Å²) in [6.07, 6.45) is 3.46. The fourth-order valence-corrected chi connectivity index (χ4v) is 4.62. The number of nitrogens with zero attached hydrogens (tertiary/aromatic N) is 3. The maximum absolute atomic E-state index is 12.8. The monoisotopic (exact) mass is 466 g/mol. The lowest BCUT2D eigenvalue weighted by Gasteiger charge is -2.19. The summed E-state index contributed by atoms with van der Waals surface area (Å²) in [6.45, 7) is 11.5. The molecular formula is C24H26N4O4S. The van der Waals surface area contributed by atoms with Gasteiger partial charge >= 0.3 is 6.01 Å². The second-order valence-electron chi connectivity index (χ2n) is 7.49. The van der Waals surface area contributed by atoms with Crippen molar-refractivity contribution in [3.8, 4) is 0 Å². The Bertz CT molecular complexity index is 1250. The summed E-state index contributed by atoms with van der Waals surface area (Å²) in [4.78, 5) is 12.6. The number of sulfonamides is 1. The van der Waals surface area contributed by atoms with Crippen LogP contribution in [0.5, 0.6) is 0 Å². The lowest BCUT2D eigenvalue weighted by atomic mass is 10.0. The number of benzene rings is 2. The number of hydrogen-bond acceptors (Lipinski definition) is 6. The van der Waals surface area contributed by atoms with Crippen molar-refractivity contribution in [2.45, 2.75) is 25.2 Å². The van der Waals surface area contributed by atoms with E-state index in [1.54, 1.807) is 0 Å². The van der Waals surface area contributed by atoms with E-state index < -0.39 is 15.9 Å². The molecule has 0 radical (unpaired) electrons. The van der Waals surface area contributed by atoms with Crippen LogP contribution in [0.4, 0.5) is 6.01 Å². The number of amides is 1. The summed E-state index contributed by atoms with van der Waals surface area (Å²) in [5.41, 5.74) is 3.60. The smallest absolute Gasteiger partial charge is 0.322 e.